The Morgan fingerprint density at radius 2 is 1.62 bits per heavy atom. The number of alkyl halides is 3. The molecule has 2 atom stereocenters. The molecule has 0 bridgehead atoms. The average molecular weight is 472 g/mol. The van der Waals surface area contributed by atoms with Gasteiger partial charge in [0.2, 0.25) is 5.91 Å². The minimum atomic E-state index is -4.62. The molecule has 0 saturated heterocycles. The molecule has 2 aromatic carbocycles. The van der Waals surface area contributed by atoms with Crippen molar-refractivity contribution >= 4 is 11.7 Å². The summed E-state index contributed by atoms with van der Waals surface area (Å²) in [6, 6.07) is 11.8. The molecule has 0 unspecified atom stereocenters. The SMILES string of the molecule is CCCC[C@H](N[C@@H](c1ccc(-c2ccc(C(C)=O)cc2)cc1)C(F)(F)F)C(=O)NC1(C#N)CC1. The Labute approximate surface area is 197 Å². The normalized spacial score (nSPS) is 16.2. The first kappa shape index (κ1) is 25.4. The highest BCUT2D eigenvalue weighted by Gasteiger charge is 2.47. The van der Waals surface area contributed by atoms with Crippen LogP contribution in [0.2, 0.25) is 0 Å². The van der Waals surface area contributed by atoms with Gasteiger partial charge in [-0.25, -0.2) is 0 Å². The zero-order valence-corrected chi connectivity index (χ0v) is 19.2. The minimum absolute atomic E-state index is 0.00711. The van der Waals surface area contributed by atoms with Gasteiger partial charge in [0.25, 0.3) is 0 Å². The standard InChI is InChI=1S/C26H28F3N3O2/c1-3-4-5-22(24(34)32-25(16-30)14-15-25)31-23(26(27,28)29)21-12-10-20(11-13-21)19-8-6-18(7-9-19)17(2)33/h6-13,22-23,31H,3-5,14-15H2,1-2H3,(H,32,34)/t22-,23-/m0/s1. The van der Waals surface area contributed by atoms with Gasteiger partial charge in [-0.15, -0.1) is 0 Å². The van der Waals surface area contributed by atoms with E-state index in [1.807, 2.05) is 13.0 Å². The van der Waals surface area contributed by atoms with E-state index in [1.165, 1.54) is 19.1 Å². The Balaban J connectivity index is 1.81. The predicted molar refractivity (Wildman–Crippen MR) is 123 cm³/mol. The van der Waals surface area contributed by atoms with Crippen molar-refractivity contribution < 1.29 is 22.8 Å². The second kappa shape index (κ2) is 10.4. The van der Waals surface area contributed by atoms with E-state index in [2.05, 4.69) is 10.6 Å². The molecule has 0 spiro atoms. The highest BCUT2D eigenvalue weighted by atomic mass is 19.4. The summed E-state index contributed by atoms with van der Waals surface area (Å²) in [5, 5.41) is 14.4. The van der Waals surface area contributed by atoms with Gasteiger partial charge in [0.15, 0.2) is 5.78 Å². The molecule has 180 valence electrons. The highest BCUT2D eigenvalue weighted by Crippen LogP contribution is 2.36. The lowest BCUT2D eigenvalue weighted by molar-refractivity contribution is -0.161. The van der Waals surface area contributed by atoms with Crippen LogP contribution in [0, 0.1) is 11.3 Å². The molecule has 8 heteroatoms. The molecule has 1 aliphatic carbocycles. The first-order valence-electron chi connectivity index (χ1n) is 11.4. The smallest absolute Gasteiger partial charge is 0.336 e. The Hall–Kier alpha value is -3.18. The highest BCUT2D eigenvalue weighted by molar-refractivity contribution is 5.94. The number of benzene rings is 2. The molecule has 5 nitrogen and oxygen atoms in total. The molecule has 0 heterocycles. The average Bonchev–Trinajstić information content (AvgIpc) is 3.58. The third-order valence-corrected chi connectivity index (χ3v) is 6.05. The van der Waals surface area contributed by atoms with Crippen LogP contribution < -0.4 is 10.6 Å². The topological polar surface area (TPSA) is 82.0 Å². The van der Waals surface area contributed by atoms with Crippen LogP contribution in [0.5, 0.6) is 0 Å². The lowest BCUT2D eigenvalue weighted by Gasteiger charge is -2.28. The van der Waals surface area contributed by atoms with E-state index >= 15 is 0 Å². The molecule has 2 aromatic rings. The fourth-order valence-electron chi connectivity index (χ4n) is 3.76. The summed E-state index contributed by atoms with van der Waals surface area (Å²) in [6.07, 6.45) is -2.08. The van der Waals surface area contributed by atoms with Gasteiger partial charge in [-0.2, -0.15) is 18.4 Å². The summed E-state index contributed by atoms with van der Waals surface area (Å²) < 4.78 is 42.1. The fraction of sp³-hybridized carbons (Fsp3) is 0.423. The van der Waals surface area contributed by atoms with Gasteiger partial charge in [0.05, 0.1) is 12.1 Å². The lowest BCUT2D eigenvalue weighted by atomic mass is 9.98. The second-order valence-electron chi connectivity index (χ2n) is 8.77. The zero-order valence-electron chi connectivity index (χ0n) is 19.2. The van der Waals surface area contributed by atoms with Crippen LogP contribution in [0.4, 0.5) is 13.2 Å². The number of nitrogens with one attached hydrogen (secondary N) is 2. The van der Waals surface area contributed by atoms with E-state index in [9.17, 15) is 28.0 Å². The van der Waals surface area contributed by atoms with E-state index < -0.39 is 29.7 Å². The predicted octanol–water partition coefficient (Wildman–Crippen LogP) is 5.48. The zero-order chi connectivity index (χ0) is 24.9. The summed E-state index contributed by atoms with van der Waals surface area (Å²) >= 11 is 0. The summed E-state index contributed by atoms with van der Waals surface area (Å²) in [4.78, 5) is 24.2. The van der Waals surface area contributed by atoms with Crippen LogP contribution in [-0.4, -0.2) is 29.4 Å². The van der Waals surface area contributed by atoms with Crippen LogP contribution >= 0.6 is 0 Å². The van der Waals surface area contributed by atoms with Gasteiger partial charge in [-0.3, -0.25) is 14.9 Å². The van der Waals surface area contributed by atoms with Crippen molar-refractivity contribution in [2.45, 2.75) is 69.8 Å². The Kier molecular flexibility index (Phi) is 7.78. The third kappa shape index (κ3) is 6.23. The maximum absolute atomic E-state index is 14.0. The van der Waals surface area contributed by atoms with E-state index in [4.69, 9.17) is 0 Å². The second-order valence-corrected chi connectivity index (χ2v) is 8.77. The van der Waals surface area contributed by atoms with Gasteiger partial charge in [-0.1, -0.05) is 68.3 Å². The Morgan fingerprint density at radius 1 is 1.06 bits per heavy atom. The maximum atomic E-state index is 14.0. The Morgan fingerprint density at radius 3 is 2.06 bits per heavy atom. The first-order valence-corrected chi connectivity index (χ1v) is 11.4. The molecule has 0 aliphatic heterocycles. The molecule has 1 fully saturated rings. The summed E-state index contributed by atoms with van der Waals surface area (Å²) in [7, 11) is 0. The number of hydrogen-bond acceptors (Lipinski definition) is 4. The molecular weight excluding hydrogens is 443 g/mol. The number of hydrogen-bond donors (Lipinski definition) is 2. The molecule has 1 saturated carbocycles. The van der Waals surface area contributed by atoms with Crippen LogP contribution in [-0.2, 0) is 4.79 Å². The monoisotopic (exact) mass is 471 g/mol. The van der Waals surface area contributed by atoms with E-state index in [1.54, 1.807) is 36.4 Å². The molecule has 3 rings (SSSR count). The van der Waals surface area contributed by atoms with E-state index in [0.29, 0.717) is 30.4 Å². The maximum Gasteiger partial charge on any atom is 0.407 e. The van der Waals surface area contributed by atoms with Crippen LogP contribution in [0.25, 0.3) is 11.1 Å². The lowest BCUT2D eigenvalue weighted by Crippen LogP contribution is -2.51. The molecule has 1 aliphatic rings. The largest absolute Gasteiger partial charge is 0.407 e. The first-order chi connectivity index (χ1) is 16.1. The van der Waals surface area contributed by atoms with Crippen molar-refractivity contribution in [3.63, 3.8) is 0 Å². The summed E-state index contributed by atoms with van der Waals surface area (Å²) in [5.74, 6) is -0.644. The summed E-state index contributed by atoms with van der Waals surface area (Å²) in [6.45, 7) is 3.36. The molecule has 1 amide bonds. The number of carbonyl (C=O) groups excluding carboxylic acids is 2. The number of carbonyl (C=O) groups is 2. The number of Topliss-reactive ketones (excluding diaryl/α,β-unsaturated/α-hetero) is 1. The van der Waals surface area contributed by atoms with Gasteiger partial charge < -0.3 is 5.32 Å². The fourth-order valence-corrected chi connectivity index (χ4v) is 3.76. The van der Waals surface area contributed by atoms with Gasteiger partial charge in [-0.05, 0) is 42.9 Å². The minimum Gasteiger partial charge on any atom is -0.336 e. The Bertz CT molecular complexity index is 1050. The van der Waals surface area contributed by atoms with E-state index in [0.717, 1.165) is 12.0 Å². The van der Waals surface area contributed by atoms with Crippen LogP contribution in [0.1, 0.15) is 67.9 Å². The van der Waals surface area contributed by atoms with Gasteiger partial charge >= 0.3 is 6.18 Å². The number of amides is 1. The van der Waals surface area contributed by atoms with Gasteiger partial charge in [0.1, 0.15) is 11.6 Å². The molecule has 0 aromatic heterocycles. The molecule has 2 N–H and O–H groups in total. The van der Waals surface area contributed by atoms with Crippen molar-refractivity contribution in [3.05, 3.63) is 59.7 Å². The molecule has 34 heavy (non-hydrogen) atoms. The molecule has 0 radical (unpaired) electrons. The molecular formula is C26H28F3N3O2. The van der Waals surface area contributed by atoms with Crippen molar-refractivity contribution in [2.24, 2.45) is 0 Å². The number of nitrogens with zero attached hydrogens (tertiary/aromatic N) is 1. The number of halogens is 3. The number of ketones is 1. The number of unbranched alkanes of at least 4 members (excludes halogenated alkanes) is 1. The van der Waals surface area contributed by atoms with Gasteiger partial charge in [0, 0.05) is 5.56 Å². The number of nitriles is 1. The van der Waals surface area contributed by atoms with E-state index in [-0.39, 0.29) is 17.8 Å². The summed E-state index contributed by atoms with van der Waals surface area (Å²) in [5.41, 5.74) is 1.09. The quantitative estimate of drug-likeness (QED) is 0.450. The third-order valence-electron chi connectivity index (χ3n) is 6.05. The van der Waals surface area contributed by atoms with Crippen molar-refractivity contribution in [1.29, 1.82) is 5.26 Å². The van der Waals surface area contributed by atoms with Crippen molar-refractivity contribution in [1.82, 2.24) is 10.6 Å². The van der Waals surface area contributed by atoms with Crippen LogP contribution in [0.3, 0.4) is 0 Å². The van der Waals surface area contributed by atoms with Crippen LogP contribution in [0.15, 0.2) is 48.5 Å². The van der Waals surface area contributed by atoms with Crippen molar-refractivity contribution in [3.8, 4) is 17.2 Å². The van der Waals surface area contributed by atoms with Crippen molar-refractivity contribution in [2.75, 3.05) is 0 Å². The number of rotatable bonds is 10.